The summed E-state index contributed by atoms with van der Waals surface area (Å²) >= 11 is 13.6. The number of carbonyl (C=O) groups is 1. The van der Waals surface area contributed by atoms with Crippen molar-refractivity contribution in [3.05, 3.63) is 40.1 Å². The fourth-order valence-electron chi connectivity index (χ4n) is 3.24. The first-order valence-corrected chi connectivity index (χ1v) is 11.0. The number of rotatable bonds is 8. The van der Waals surface area contributed by atoms with Crippen molar-refractivity contribution in [2.45, 2.75) is 36.7 Å². The van der Waals surface area contributed by atoms with Gasteiger partial charge in [0.25, 0.3) is 0 Å². The Kier molecular flexibility index (Phi) is 7.62. The highest BCUT2D eigenvalue weighted by Crippen LogP contribution is 2.25. The van der Waals surface area contributed by atoms with Gasteiger partial charge in [0, 0.05) is 26.7 Å². The van der Waals surface area contributed by atoms with Gasteiger partial charge in [0.1, 0.15) is 6.33 Å². The molecule has 2 aromatic rings. The van der Waals surface area contributed by atoms with E-state index in [1.54, 1.807) is 12.4 Å². The van der Waals surface area contributed by atoms with Gasteiger partial charge in [-0.25, -0.2) is 0 Å². The molecule has 28 heavy (non-hydrogen) atoms. The van der Waals surface area contributed by atoms with E-state index in [1.807, 2.05) is 35.6 Å². The van der Waals surface area contributed by atoms with Crippen LogP contribution in [0.4, 0.5) is 0 Å². The molecule has 1 saturated heterocycles. The zero-order valence-electron chi connectivity index (χ0n) is 16.1. The first kappa shape index (κ1) is 21.4. The predicted octanol–water partition coefficient (Wildman–Crippen LogP) is 3.73. The van der Waals surface area contributed by atoms with E-state index < -0.39 is 0 Å². The van der Waals surface area contributed by atoms with Crippen LogP contribution in [0.1, 0.15) is 25.3 Å². The summed E-state index contributed by atoms with van der Waals surface area (Å²) in [4.78, 5) is 17.5. The molecule has 0 saturated carbocycles. The van der Waals surface area contributed by atoms with E-state index in [0.717, 1.165) is 30.4 Å². The van der Waals surface area contributed by atoms with Crippen LogP contribution in [0.25, 0.3) is 0 Å². The Morgan fingerprint density at radius 1 is 1.29 bits per heavy atom. The van der Waals surface area contributed by atoms with Gasteiger partial charge in [-0.1, -0.05) is 41.0 Å². The van der Waals surface area contributed by atoms with Gasteiger partial charge in [-0.2, -0.15) is 0 Å². The van der Waals surface area contributed by atoms with Gasteiger partial charge in [-0.3, -0.25) is 4.79 Å². The number of halogens is 2. The van der Waals surface area contributed by atoms with Crippen LogP contribution in [0.2, 0.25) is 10.0 Å². The molecule has 9 heteroatoms. The van der Waals surface area contributed by atoms with Gasteiger partial charge >= 0.3 is 0 Å². The monoisotopic (exact) mass is 441 g/mol. The number of carbonyl (C=O) groups excluding carboxylic acids is 1. The zero-order valence-corrected chi connectivity index (χ0v) is 18.5. The van der Waals surface area contributed by atoms with E-state index in [-0.39, 0.29) is 11.2 Å². The van der Waals surface area contributed by atoms with E-state index in [9.17, 15) is 4.79 Å². The van der Waals surface area contributed by atoms with Crippen molar-refractivity contribution in [1.29, 1.82) is 0 Å². The number of aryl methyl sites for hydroxylation is 1. The zero-order chi connectivity index (χ0) is 20.1. The molecule has 0 unspecified atom stereocenters. The van der Waals surface area contributed by atoms with Gasteiger partial charge < -0.3 is 14.4 Å². The minimum absolute atomic E-state index is 0.0817. The first-order chi connectivity index (χ1) is 13.4. The van der Waals surface area contributed by atoms with Crippen molar-refractivity contribution < 1.29 is 4.79 Å². The van der Waals surface area contributed by atoms with Crippen LogP contribution in [0.15, 0.2) is 29.7 Å². The molecule has 0 N–H and O–H groups in total. The number of likely N-dealkylation sites (tertiary alicyclic amines) is 1. The lowest BCUT2D eigenvalue weighted by atomic mass is 10.2. The van der Waals surface area contributed by atoms with Gasteiger partial charge in [0.15, 0.2) is 5.16 Å². The van der Waals surface area contributed by atoms with Crippen molar-refractivity contribution in [3.63, 3.8) is 0 Å². The molecule has 1 atom stereocenters. The molecule has 1 aromatic carbocycles. The van der Waals surface area contributed by atoms with Crippen LogP contribution in [-0.2, 0) is 18.4 Å². The molecule has 0 aliphatic carbocycles. The Labute approximate surface area is 180 Å². The molecular formula is C19H25Cl2N5OS. The standard InChI is InChI=1S/C19H25Cl2N5OS/c1-14(28-19-23-22-13-24(19)2)18(27)26(10-9-25-7-3-4-8-25)12-15-5-6-16(20)17(21)11-15/h5-6,11,13-14H,3-4,7-10,12H2,1-2H3/t14-/m0/s1. The van der Waals surface area contributed by atoms with Crippen LogP contribution in [0.3, 0.4) is 0 Å². The van der Waals surface area contributed by atoms with Gasteiger partial charge in [0.2, 0.25) is 5.91 Å². The molecule has 1 fully saturated rings. The predicted molar refractivity (Wildman–Crippen MR) is 114 cm³/mol. The minimum Gasteiger partial charge on any atom is -0.336 e. The number of thioether (sulfide) groups is 1. The smallest absolute Gasteiger partial charge is 0.236 e. The SMILES string of the molecule is C[C@H](Sc1nncn1C)C(=O)N(CCN1CCCC1)Cc1ccc(Cl)c(Cl)c1. The maximum Gasteiger partial charge on any atom is 0.236 e. The number of aromatic nitrogens is 3. The summed E-state index contributed by atoms with van der Waals surface area (Å²) in [6, 6.07) is 5.53. The number of benzene rings is 1. The molecule has 1 aliphatic rings. The van der Waals surface area contributed by atoms with Gasteiger partial charge in [-0.15, -0.1) is 10.2 Å². The Morgan fingerprint density at radius 2 is 2.04 bits per heavy atom. The van der Waals surface area contributed by atoms with E-state index in [0.29, 0.717) is 23.1 Å². The van der Waals surface area contributed by atoms with Gasteiger partial charge in [0.05, 0.1) is 15.3 Å². The normalized spacial score (nSPS) is 15.7. The highest BCUT2D eigenvalue weighted by atomic mass is 35.5. The second-order valence-corrected chi connectivity index (χ2v) is 9.16. The van der Waals surface area contributed by atoms with Crippen LogP contribution >= 0.6 is 35.0 Å². The number of nitrogens with zero attached hydrogens (tertiary/aromatic N) is 5. The van der Waals surface area contributed by atoms with Crippen molar-refractivity contribution in [1.82, 2.24) is 24.6 Å². The molecule has 1 aliphatic heterocycles. The summed E-state index contributed by atoms with van der Waals surface area (Å²) in [5.41, 5.74) is 0.972. The summed E-state index contributed by atoms with van der Waals surface area (Å²) in [5.74, 6) is 0.0817. The summed E-state index contributed by atoms with van der Waals surface area (Å²) in [7, 11) is 1.88. The molecule has 3 rings (SSSR count). The average Bonchev–Trinajstić information content (AvgIpc) is 3.33. The Hall–Kier alpha value is -1.28. The van der Waals surface area contributed by atoms with Crippen molar-refractivity contribution in [2.75, 3.05) is 26.2 Å². The van der Waals surface area contributed by atoms with Crippen molar-refractivity contribution in [2.24, 2.45) is 7.05 Å². The minimum atomic E-state index is -0.260. The van der Waals surface area contributed by atoms with Crippen molar-refractivity contribution >= 4 is 40.9 Å². The molecule has 2 heterocycles. The second kappa shape index (κ2) is 9.96. The van der Waals surface area contributed by atoms with Crippen LogP contribution in [0.5, 0.6) is 0 Å². The molecule has 0 bridgehead atoms. The highest BCUT2D eigenvalue weighted by Gasteiger charge is 2.24. The lowest BCUT2D eigenvalue weighted by molar-refractivity contribution is -0.131. The van der Waals surface area contributed by atoms with Crippen LogP contribution in [0, 0.1) is 0 Å². The maximum absolute atomic E-state index is 13.2. The van der Waals surface area contributed by atoms with Crippen LogP contribution < -0.4 is 0 Å². The number of hydrogen-bond acceptors (Lipinski definition) is 5. The topological polar surface area (TPSA) is 54.3 Å². The third-order valence-electron chi connectivity index (χ3n) is 4.85. The Balaban J connectivity index is 1.70. The fourth-order valence-corrected chi connectivity index (χ4v) is 4.43. The van der Waals surface area contributed by atoms with Gasteiger partial charge in [-0.05, 0) is 50.6 Å². The molecular weight excluding hydrogens is 417 g/mol. The maximum atomic E-state index is 13.2. The Bertz CT molecular complexity index is 809. The highest BCUT2D eigenvalue weighted by molar-refractivity contribution is 8.00. The van der Waals surface area contributed by atoms with E-state index >= 15 is 0 Å². The number of hydrogen-bond donors (Lipinski definition) is 0. The largest absolute Gasteiger partial charge is 0.336 e. The molecule has 6 nitrogen and oxygen atoms in total. The fraction of sp³-hybridized carbons (Fsp3) is 0.526. The summed E-state index contributed by atoms with van der Waals surface area (Å²) in [6.07, 6.45) is 4.11. The van der Waals surface area contributed by atoms with Crippen molar-refractivity contribution in [3.8, 4) is 0 Å². The molecule has 0 radical (unpaired) electrons. The summed E-state index contributed by atoms with van der Waals surface area (Å²) < 4.78 is 1.82. The van der Waals surface area contributed by atoms with Crippen LogP contribution in [-0.4, -0.2) is 61.9 Å². The first-order valence-electron chi connectivity index (χ1n) is 9.40. The van der Waals surface area contributed by atoms with E-state index in [2.05, 4.69) is 15.1 Å². The lowest BCUT2D eigenvalue weighted by Crippen LogP contribution is -2.41. The third kappa shape index (κ3) is 5.63. The molecule has 152 valence electrons. The summed E-state index contributed by atoms with van der Waals surface area (Å²) in [5, 5.41) is 9.46. The molecule has 1 amide bonds. The third-order valence-corrected chi connectivity index (χ3v) is 6.73. The second-order valence-electron chi connectivity index (χ2n) is 7.04. The van der Waals surface area contributed by atoms with E-state index in [4.69, 9.17) is 23.2 Å². The Morgan fingerprint density at radius 3 is 2.68 bits per heavy atom. The van der Waals surface area contributed by atoms with E-state index in [1.165, 1.54) is 24.6 Å². The molecule has 0 spiro atoms. The lowest BCUT2D eigenvalue weighted by Gasteiger charge is -2.28. The number of amides is 1. The quantitative estimate of drug-likeness (QED) is 0.584. The molecule has 1 aromatic heterocycles. The average molecular weight is 442 g/mol. The summed E-state index contributed by atoms with van der Waals surface area (Å²) in [6.45, 7) is 6.21.